The van der Waals surface area contributed by atoms with E-state index in [2.05, 4.69) is 10.6 Å². The molecule has 0 spiro atoms. The molecule has 1 atom stereocenters. The SMILES string of the molecule is O=C1NCCNC1CCC1C2CC3CC(C2)CC1C3. The van der Waals surface area contributed by atoms with Crippen molar-refractivity contribution in [2.45, 2.75) is 51.0 Å². The molecule has 5 fully saturated rings. The Labute approximate surface area is 115 Å². The maximum Gasteiger partial charge on any atom is 0.237 e. The van der Waals surface area contributed by atoms with E-state index in [0.29, 0.717) is 0 Å². The van der Waals surface area contributed by atoms with Crippen molar-refractivity contribution in [2.24, 2.45) is 29.6 Å². The van der Waals surface area contributed by atoms with Crippen molar-refractivity contribution in [3.8, 4) is 0 Å². The fourth-order valence-electron chi connectivity index (χ4n) is 5.75. The Bertz CT molecular complexity index is 340. The minimum atomic E-state index is 0.0888. The van der Waals surface area contributed by atoms with Crippen LogP contribution in [-0.4, -0.2) is 25.0 Å². The quantitative estimate of drug-likeness (QED) is 0.816. The van der Waals surface area contributed by atoms with Gasteiger partial charge in [0.2, 0.25) is 5.91 Å². The van der Waals surface area contributed by atoms with Crippen LogP contribution >= 0.6 is 0 Å². The fraction of sp³-hybridized carbons (Fsp3) is 0.938. The van der Waals surface area contributed by atoms with Crippen LogP contribution in [0.4, 0.5) is 0 Å². The maximum absolute atomic E-state index is 11.8. The van der Waals surface area contributed by atoms with Gasteiger partial charge >= 0.3 is 0 Å². The lowest BCUT2D eigenvalue weighted by Crippen LogP contribution is -2.53. The first-order valence-electron chi connectivity index (χ1n) is 8.30. The monoisotopic (exact) mass is 262 g/mol. The van der Waals surface area contributed by atoms with E-state index in [-0.39, 0.29) is 11.9 Å². The molecule has 0 radical (unpaired) electrons. The zero-order valence-electron chi connectivity index (χ0n) is 11.7. The first-order chi connectivity index (χ1) is 9.29. The van der Waals surface area contributed by atoms with Crippen molar-refractivity contribution in [3.05, 3.63) is 0 Å². The number of hydrogen-bond donors (Lipinski definition) is 2. The first-order valence-corrected chi connectivity index (χ1v) is 8.30. The predicted molar refractivity (Wildman–Crippen MR) is 74.6 cm³/mol. The van der Waals surface area contributed by atoms with Crippen LogP contribution < -0.4 is 10.6 Å². The Balaban J connectivity index is 1.36. The molecule has 19 heavy (non-hydrogen) atoms. The number of hydrogen-bond acceptors (Lipinski definition) is 2. The Morgan fingerprint density at radius 3 is 2.21 bits per heavy atom. The second-order valence-corrected chi connectivity index (χ2v) is 7.47. The molecule has 3 heteroatoms. The van der Waals surface area contributed by atoms with Crippen LogP contribution in [0.5, 0.6) is 0 Å². The van der Waals surface area contributed by atoms with Crippen molar-refractivity contribution in [1.82, 2.24) is 10.6 Å². The van der Waals surface area contributed by atoms with E-state index in [1.807, 2.05) is 0 Å². The Morgan fingerprint density at radius 2 is 1.58 bits per heavy atom. The van der Waals surface area contributed by atoms with Gasteiger partial charge < -0.3 is 10.6 Å². The lowest BCUT2D eigenvalue weighted by atomic mass is 9.51. The summed E-state index contributed by atoms with van der Waals surface area (Å²) in [5, 5.41) is 6.36. The minimum absolute atomic E-state index is 0.0888. The number of carbonyl (C=O) groups is 1. The number of amides is 1. The summed E-state index contributed by atoms with van der Waals surface area (Å²) in [4.78, 5) is 11.8. The summed E-state index contributed by atoms with van der Waals surface area (Å²) < 4.78 is 0. The van der Waals surface area contributed by atoms with Gasteiger partial charge in [-0.15, -0.1) is 0 Å². The summed E-state index contributed by atoms with van der Waals surface area (Å²) in [6, 6.07) is 0.0888. The molecule has 2 N–H and O–H groups in total. The molecule has 1 amide bonds. The predicted octanol–water partition coefficient (Wildman–Crippen LogP) is 1.93. The van der Waals surface area contributed by atoms with Crippen LogP contribution in [0.2, 0.25) is 0 Å². The number of piperazine rings is 1. The number of carbonyl (C=O) groups excluding carboxylic acids is 1. The minimum Gasteiger partial charge on any atom is -0.353 e. The average molecular weight is 262 g/mol. The highest BCUT2D eigenvalue weighted by Gasteiger charge is 2.47. The summed E-state index contributed by atoms with van der Waals surface area (Å²) in [6.07, 6.45) is 9.87. The highest BCUT2D eigenvalue weighted by Crippen LogP contribution is 2.57. The van der Waals surface area contributed by atoms with Crippen LogP contribution in [0, 0.1) is 29.6 Å². The van der Waals surface area contributed by atoms with Crippen molar-refractivity contribution in [2.75, 3.05) is 13.1 Å². The van der Waals surface area contributed by atoms with Gasteiger partial charge in [0.1, 0.15) is 0 Å². The molecule has 0 aromatic rings. The summed E-state index contributed by atoms with van der Waals surface area (Å²) in [6.45, 7) is 1.74. The van der Waals surface area contributed by atoms with Gasteiger partial charge in [0, 0.05) is 13.1 Å². The van der Waals surface area contributed by atoms with Gasteiger partial charge in [-0.3, -0.25) is 4.79 Å². The molecule has 1 saturated heterocycles. The second-order valence-electron chi connectivity index (χ2n) is 7.47. The van der Waals surface area contributed by atoms with Crippen LogP contribution in [0.15, 0.2) is 0 Å². The number of rotatable bonds is 3. The van der Waals surface area contributed by atoms with Crippen LogP contribution in [0.3, 0.4) is 0 Å². The van der Waals surface area contributed by atoms with E-state index < -0.39 is 0 Å². The summed E-state index contributed by atoms with van der Waals surface area (Å²) >= 11 is 0. The summed E-state index contributed by atoms with van der Waals surface area (Å²) in [7, 11) is 0. The molecular formula is C16H26N2O. The van der Waals surface area contributed by atoms with Crippen molar-refractivity contribution in [1.29, 1.82) is 0 Å². The Morgan fingerprint density at radius 1 is 0.895 bits per heavy atom. The van der Waals surface area contributed by atoms with Crippen LogP contribution in [0.25, 0.3) is 0 Å². The zero-order valence-corrected chi connectivity index (χ0v) is 11.7. The van der Waals surface area contributed by atoms with Crippen molar-refractivity contribution >= 4 is 5.91 Å². The maximum atomic E-state index is 11.8. The van der Waals surface area contributed by atoms with Gasteiger partial charge in [-0.25, -0.2) is 0 Å². The molecule has 3 nitrogen and oxygen atoms in total. The van der Waals surface area contributed by atoms with Crippen LogP contribution in [-0.2, 0) is 4.79 Å². The third-order valence-corrected chi connectivity index (χ3v) is 6.34. The van der Waals surface area contributed by atoms with Crippen molar-refractivity contribution < 1.29 is 4.79 Å². The Kier molecular flexibility index (Phi) is 3.06. The molecule has 106 valence electrons. The lowest BCUT2D eigenvalue weighted by molar-refractivity contribution is -0.124. The first kappa shape index (κ1) is 12.2. The van der Waals surface area contributed by atoms with E-state index >= 15 is 0 Å². The van der Waals surface area contributed by atoms with Gasteiger partial charge in [-0.05, 0) is 74.5 Å². The molecule has 1 unspecified atom stereocenters. The smallest absolute Gasteiger partial charge is 0.237 e. The summed E-state index contributed by atoms with van der Waals surface area (Å²) in [5.74, 6) is 5.30. The fourth-order valence-corrected chi connectivity index (χ4v) is 5.75. The third kappa shape index (κ3) is 2.20. The van der Waals surface area contributed by atoms with Gasteiger partial charge in [-0.2, -0.15) is 0 Å². The molecule has 5 rings (SSSR count). The topological polar surface area (TPSA) is 41.1 Å². The zero-order chi connectivity index (χ0) is 12.8. The molecular weight excluding hydrogens is 236 g/mol. The van der Waals surface area contributed by atoms with Crippen LogP contribution in [0.1, 0.15) is 44.9 Å². The third-order valence-electron chi connectivity index (χ3n) is 6.34. The van der Waals surface area contributed by atoms with E-state index in [0.717, 1.165) is 49.1 Å². The molecule has 5 aliphatic rings. The summed E-state index contributed by atoms with van der Waals surface area (Å²) in [5.41, 5.74) is 0. The van der Waals surface area contributed by atoms with Gasteiger partial charge in [0.05, 0.1) is 6.04 Å². The molecule has 4 aliphatic carbocycles. The van der Waals surface area contributed by atoms with Crippen molar-refractivity contribution in [3.63, 3.8) is 0 Å². The molecule has 0 aromatic heterocycles. The normalized spacial score (nSPS) is 48.3. The number of nitrogens with one attached hydrogen (secondary N) is 2. The molecule has 1 heterocycles. The Hall–Kier alpha value is -0.570. The molecule has 1 aliphatic heterocycles. The van der Waals surface area contributed by atoms with E-state index in [9.17, 15) is 4.79 Å². The highest BCUT2D eigenvalue weighted by molar-refractivity contribution is 5.82. The molecule has 4 bridgehead atoms. The average Bonchev–Trinajstić information content (AvgIpc) is 2.39. The van der Waals surface area contributed by atoms with Gasteiger partial charge in [0.25, 0.3) is 0 Å². The van der Waals surface area contributed by atoms with E-state index in [1.165, 1.54) is 38.5 Å². The molecule has 0 aromatic carbocycles. The van der Waals surface area contributed by atoms with E-state index in [4.69, 9.17) is 0 Å². The van der Waals surface area contributed by atoms with Gasteiger partial charge in [-0.1, -0.05) is 0 Å². The highest BCUT2D eigenvalue weighted by atomic mass is 16.2. The lowest BCUT2D eigenvalue weighted by Gasteiger charge is -2.54. The second kappa shape index (κ2) is 4.76. The standard InChI is InChI=1S/C16H26N2O/c19-16-15(17-3-4-18-16)2-1-14-12-6-10-5-11(8-12)9-13(14)7-10/h10-15,17H,1-9H2,(H,18,19). The van der Waals surface area contributed by atoms with E-state index in [1.54, 1.807) is 0 Å². The largest absolute Gasteiger partial charge is 0.353 e. The van der Waals surface area contributed by atoms with Gasteiger partial charge in [0.15, 0.2) is 0 Å². The molecule has 4 saturated carbocycles.